The van der Waals surface area contributed by atoms with Crippen molar-refractivity contribution in [3.63, 3.8) is 0 Å². The zero-order valence-electron chi connectivity index (χ0n) is 16.2. The Balaban J connectivity index is 1.78. The van der Waals surface area contributed by atoms with Gasteiger partial charge in [-0.2, -0.15) is 18.3 Å². The van der Waals surface area contributed by atoms with Gasteiger partial charge in [-0.15, -0.1) is 0 Å². The van der Waals surface area contributed by atoms with Gasteiger partial charge in [0, 0.05) is 16.8 Å². The molecule has 162 valence electrons. The molecule has 0 bridgehead atoms. The first-order valence-corrected chi connectivity index (χ1v) is 9.42. The third-order valence-electron chi connectivity index (χ3n) is 4.46. The average molecular weight is 452 g/mol. The van der Waals surface area contributed by atoms with Gasteiger partial charge in [-0.1, -0.05) is 29.8 Å². The van der Waals surface area contributed by atoms with Gasteiger partial charge in [-0.25, -0.2) is 4.68 Å². The lowest BCUT2D eigenvalue weighted by Gasteiger charge is -2.19. The minimum Gasteiger partial charge on any atom is -0.469 e. The lowest BCUT2D eigenvalue weighted by molar-refractivity contribution is -0.142. The Morgan fingerprint density at radius 3 is 2.39 bits per heavy atom. The van der Waals surface area contributed by atoms with Crippen molar-refractivity contribution in [1.29, 1.82) is 0 Å². The highest BCUT2D eigenvalue weighted by molar-refractivity contribution is 6.31. The highest BCUT2D eigenvalue weighted by Gasteiger charge is 2.33. The molecule has 1 aromatic heterocycles. The second-order valence-electron chi connectivity index (χ2n) is 6.52. The van der Waals surface area contributed by atoms with Crippen molar-refractivity contribution < 1.29 is 27.5 Å². The molecule has 0 fully saturated rings. The number of carbonyl (C=O) groups is 2. The molecule has 3 aromatic rings. The quantitative estimate of drug-likeness (QED) is 0.557. The van der Waals surface area contributed by atoms with E-state index in [1.807, 2.05) is 0 Å². The van der Waals surface area contributed by atoms with Crippen LogP contribution in [0.3, 0.4) is 0 Å². The molecule has 1 N–H and O–H groups in total. The minimum absolute atomic E-state index is 0.127. The van der Waals surface area contributed by atoms with Crippen LogP contribution in [0.2, 0.25) is 5.02 Å². The highest BCUT2D eigenvalue weighted by atomic mass is 35.5. The summed E-state index contributed by atoms with van der Waals surface area (Å²) < 4.78 is 43.9. The molecule has 1 unspecified atom stereocenters. The second-order valence-corrected chi connectivity index (χ2v) is 6.93. The maximum Gasteiger partial charge on any atom is 0.435 e. The Hall–Kier alpha value is -3.33. The molecule has 1 amide bonds. The highest BCUT2D eigenvalue weighted by Crippen LogP contribution is 2.28. The summed E-state index contributed by atoms with van der Waals surface area (Å²) in [4.78, 5) is 24.5. The Bertz CT molecular complexity index is 1080. The van der Waals surface area contributed by atoms with Crippen LogP contribution in [0.4, 0.5) is 13.2 Å². The van der Waals surface area contributed by atoms with Crippen LogP contribution in [-0.2, 0) is 15.7 Å². The molecule has 0 saturated carbocycles. The number of alkyl halides is 3. The molecule has 10 heteroatoms. The van der Waals surface area contributed by atoms with E-state index in [9.17, 15) is 22.8 Å². The molecule has 0 radical (unpaired) electrons. The maximum atomic E-state index is 12.7. The predicted molar refractivity (Wildman–Crippen MR) is 107 cm³/mol. The first-order valence-electron chi connectivity index (χ1n) is 9.04. The van der Waals surface area contributed by atoms with Crippen LogP contribution in [0.25, 0.3) is 5.69 Å². The standard InChI is InChI=1S/C21H17ClF3N3O3/c1-31-19(29)12-17(15-4-2-3-5-16(15)22)26-20(30)13-6-8-14(9-7-13)28-11-10-18(27-28)21(23,24)25/h2-11,17H,12H2,1H3,(H,26,30). The van der Waals surface area contributed by atoms with E-state index in [0.29, 0.717) is 16.3 Å². The van der Waals surface area contributed by atoms with Crippen molar-refractivity contribution in [3.8, 4) is 5.69 Å². The van der Waals surface area contributed by atoms with Gasteiger partial charge in [-0.05, 0) is 42.0 Å². The van der Waals surface area contributed by atoms with Gasteiger partial charge in [0.05, 0.1) is 25.3 Å². The van der Waals surface area contributed by atoms with Crippen molar-refractivity contribution in [2.45, 2.75) is 18.6 Å². The van der Waals surface area contributed by atoms with Crippen molar-refractivity contribution in [2.24, 2.45) is 0 Å². The van der Waals surface area contributed by atoms with Crippen LogP contribution in [0.15, 0.2) is 60.8 Å². The lowest BCUT2D eigenvalue weighted by atomic mass is 10.0. The number of methoxy groups -OCH3 is 1. The number of esters is 1. The minimum atomic E-state index is -4.54. The molecular formula is C21H17ClF3N3O3. The number of nitrogens with zero attached hydrogens (tertiary/aromatic N) is 2. The summed E-state index contributed by atoms with van der Waals surface area (Å²) in [6.45, 7) is 0. The topological polar surface area (TPSA) is 73.2 Å². The average Bonchev–Trinajstić information content (AvgIpc) is 3.24. The monoisotopic (exact) mass is 451 g/mol. The van der Waals surface area contributed by atoms with Gasteiger partial charge in [-0.3, -0.25) is 9.59 Å². The molecule has 1 atom stereocenters. The van der Waals surface area contributed by atoms with E-state index >= 15 is 0 Å². The molecule has 6 nitrogen and oxygen atoms in total. The number of carbonyl (C=O) groups excluding carboxylic acids is 2. The molecule has 1 heterocycles. The Kier molecular flexibility index (Phi) is 6.65. The Morgan fingerprint density at radius 1 is 1.13 bits per heavy atom. The van der Waals surface area contributed by atoms with Crippen LogP contribution >= 0.6 is 11.6 Å². The van der Waals surface area contributed by atoms with Crippen LogP contribution in [-0.4, -0.2) is 28.8 Å². The van der Waals surface area contributed by atoms with Crippen LogP contribution in [0.5, 0.6) is 0 Å². The molecule has 2 aromatic carbocycles. The van der Waals surface area contributed by atoms with Gasteiger partial charge < -0.3 is 10.1 Å². The lowest BCUT2D eigenvalue weighted by Crippen LogP contribution is -2.30. The van der Waals surface area contributed by atoms with Gasteiger partial charge in [0.1, 0.15) is 0 Å². The van der Waals surface area contributed by atoms with E-state index in [1.165, 1.54) is 37.6 Å². The summed E-state index contributed by atoms with van der Waals surface area (Å²) in [6.07, 6.45) is -3.49. The van der Waals surface area contributed by atoms with E-state index in [2.05, 4.69) is 10.4 Å². The molecule has 31 heavy (non-hydrogen) atoms. The van der Waals surface area contributed by atoms with Gasteiger partial charge in [0.15, 0.2) is 5.69 Å². The number of hydrogen-bond acceptors (Lipinski definition) is 4. The first-order chi connectivity index (χ1) is 14.7. The van der Waals surface area contributed by atoms with Crippen molar-refractivity contribution in [2.75, 3.05) is 7.11 Å². The molecule has 0 aliphatic rings. The number of nitrogens with one attached hydrogen (secondary N) is 1. The molecule has 0 spiro atoms. The fourth-order valence-electron chi connectivity index (χ4n) is 2.87. The fourth-order valence-corrected chi connectivity index (χ4v) is 3.14. The van der Waals surface area contributed by atoms with Gasteiger partial charge >= 0.3 is 12.1 Å². The normalized spacial score (nSPS) is 12.3. The maximum absolute atomic E-state index is 12.7. The SMILES string of the molecule is COC(=O)CC(NC(=O)c1ccc(-n2ccc(C(F)(F)F)n2)cc1)c1ccccc1Cl. The van der Waals surface area contributed by atoms with Crippen LogP contribution < -0.4 is 5.32 Å². The van der Waals surface area contributed by atoms with E-state index in [1.54, 1.807) is 24.3 Å². The second kappa shape index (κ2) is 9.22. The fraction of sp³-hybridized carbons (Fsp3) is 0.190. The molecule has 0 aliphatic heterocycles. The van der Waals surface area contributed by atoms with Crippen molar-refractivity contribution in [1.82, 2.24) is 15.1 Å². The summed E-state index contributed by atoms with van der Waals surface area (Å²) in [7, 11) is 1.24. The smallest absolute Gasteiger partial charge is 0.435 e. The zero-order valence-corrected chi connectivity index (χ0v) is 16.9. The Labute approximate surface area is 180 Å². The third kappa shape index (κ3) is 5.43. The number of aromatic nitrogens is 2. The summed E-state index contributed by atoms with van der Waals surface area (Å²) in [5.74, 6) is -1.02. The van der Waals surface area contributed by atoms with E-state index in [4.69, 9.17) is 16.3 Å². The molecular weight excluding hydrogens is 435 g/mol. The number of halogens is 4. The van der Waals surface area contributed by atoms with E-state index < -0.39 is 29.8 Å². The third-order valence-corrected chi connectivity index (χ3v) is 4.80. The zero-order chi connectivity index (χ0) is 22.6. The number of ether oxygens (including phenoxy) is 1. The summed E-state index contributed by atoms with van der Waals surface area (Å²) in [5, 5.41) is 6.62. The van der Waals surface area contributed by atoms with Gasteiger partial charge in [0.2, 0.25) is 0 Å². The Morgan fingerprint density at radius 2 is 1.81 bits per heavy atom. The van der Waals surface area contributed by atoms with Gasteiger partial charge in [0.25, 0.3) is 5.91 Å². The number of rotatable bonds is 6. The van der Waals surface area contributed by atoms with E-state index in [-0.39, 0.29) is 12.0 Å². The van der Waals surface area contributed by atoms with E-state index in [0.717, 1.165) is 10.7 Å². The summed E-state index contributed by atoms with van der Waals surface area (Å²) in [5.41, 5.74) is 0.133. The van der Waals surface area contributed by atoms with Crippen LogP contribution in [0, 0.1) is 0 Å². The number of amides is 1. The predicted octanol–water partition coefficient (Wildman–Crippen LogP) is 4.58. The number of hydrogen-bond donors (Lipinski definition) is 1. The number of benzene rings is 2. The van der Waals surface area contributed by atoms with Crippen molar-refractivity contribution >= 4 is 23.5 Å². The first kappa shape index (κ1) is 22.4. The molecule has 3 rings (SSSR count). The summed E-state index contributed by atoms with van der Waals surface area (Å²) >= 11 is 6.20. The molecule has 0 saturated heterocycles. The largest absolute Gasteiger partial charge is 0.469 e. The molecule has 0 aliphatic carbocycles. The summed E-state index contributed by atoms with van der Waals surface area (Å²) in [6, 6.07) is 12.7. The van der Waals surface area contributed by atoms with Crippen LogP contribution in [0.1, 0.15) is 34.1 Å². The van der Waals surface area contributed by atoms with Crippen molar-refractivity contribution in [3.05, 3.63) is 82.6 Å².